The van der Waals surface area contributed by atoms with Crippen LogP contribution in [0, 0.1) is 0 Å². The van der Waals surface area contributed by atoms with E-state index in [4.69, 9.17) is 9.84 Å². The van der Waals surface area contributed by atoms with Gasteiger partial charge in [-0.25, -0.2) is 4.79 Å². The number of nitrogens with one attached hydrogen (secondary N) is 2. The number of carboxylic acids is 1. The lowest BCUT2D eigenvalue weighted by molar-refractivity contribution is -0.138. The number of carboxylic acid groups (broad SMARTS) is 1. The first-order valence-electron chi connectivity index (χ1n) is 7.00. The van der Waals surface area contributed by atoms with Crippen molar-refractivity contribution in [3.05, 3.63) is 33.1 Å². The molecule has 4 N–H and O–H groups in total. The van der Waals surface area contributed by atoms with Gasteiger partial charge in [-0.2, -0.15) is 0 Å². The average Bonchev–Trinajstić information content (AvgIpc) is 2.83. The summed E-state index contributed by atoms with van der Waals surface area (Å²) in [5.74, 6) is -1.54. The monoisotopic (exact) mass is 327 g/mol. The third-order valence-corrected chi connectivity index (χ3v) is 3.43. The quantitative estimate of drug-likeness (QED) is 0.479. The second-order valence-electron chi connectivity index (χ2n) is 5.15. The molecule has 1 aromatic heterocycles. The van der Waals surface area contributed by atoms with Gasteiger partial charge in [0.25, 0.3) is 5.56 Å². The lowest BCUT2D eigenvalue weighted by atomic mass is 10.1. The number of carbonyl (C=O) groups excluding carboxylic acids is 1. The van der Waals surface area contributed by atoms with Crippen LogP contribution in [0.2, 0.25) is 0 Å². The summed E-state index contributed by atoms with van der Waals surface area (Å²) < 4.78 is 6.67. The maximum Gasteiger partial charge on any atom is 0.330 e. The van der Waals surface area contributed by atoms with Gasteiger partial charge in [0.1, 0.15) is 12.3 Å². The van der Waals surface area contributed by atoms with E-state index in [1.807, 2.05) is 0 Å². The summed E-state index contributed by atoms with van der Waals surface area (Å²) in [5, 5.41) is 20.9. The van der Waals surface area contributed by atoms with Crippen molar-refractivity contribution in [2.24, 2.45) is 0 Å². The maximum atomic E-state index is 11.7. The Morgan fingerprint density at radius 3 is 2.78 bits per heavy atom. The Hall–Kier alpha value is -2.46. The van der Waals surface area contributed by atoms with Gasteiger partial charge >= 0.3 is 11.7 Å². The number of carbonyl (C=O) groups is 2. The molecule has 1 aliphatic heterocycles. The SMILES string of the molecule is O=C(O)CCC(=O)NC[C@H]1O[C@@H](n2ccc(=O)[nH]c2=O)C[C@@H]1O. The zero-order valence-corrected chi connectivity index (χ0v) is 12.1. The first-order valence-corrected chi connectivity index (χ1v) is 7.00. The highest BCUT2D eigenvalue weighted by Gasteiger charge is 2.35. The molecule has 2 rings (SSSR count). The fraction of sp³-hybridized carbons (Fsp3) is 0.538. The van der Waals surface area contributed by atoms with Gasteiger partial charge in [-0.15, -0.1) is 0 Å². The predicted molar refractivity (Wildman–Crippen MR) is 75.7 cm³/mol. The van der Waals surface area contributed by atoms with Crippen molar-refractivity contribution in [2.75, 3.05) is 6.54 Å². The second-order valence-corrected chi connectivity index (χ2v) is 5.15. The van der Waals surface area contributed by atoms with Gasteiger partial charge in [-0.05, 0) is 0 Å². The van der Waals surface area contributed by atoms with Crippen LogP contribution in [0.25, 0.3) is 0 Å². The third-order valence-electron chi connectivity index (χ3n) is 3.43. The van der Waals surface area contributed by atoms with E-state index >= 15 is 0 Å². The number of nitrogens with zero attached hydrogens (tertiary/aromatic N) is 1. The number of aliphatic hydroxyl groups is 1. The topological polar surface area (TPSA) is 151 Å². The van der Waals surface area contributed by atoms with Crippen LogP contribution in [0.4, 0.5) is 0 Å². The molecule has 0 unspecified atom stereocenters. The lowest BCUT2D eigenvalue weighted by Gasteiger charge is -2.16. The molecular formula is C13H17N3O7. The molecule has 0 bridgehead atoms. The van der Waals surface area contributed by atoms with Crippen molar-refractivity contribution in [3.63, 3.8) is 0 Å². The lowest BCUT2D eigenvalue weighted by Crippen LogP contribution is -2.37. The molecular weight excluding hydrogens is 310 g/mol. The summed E-state index contributed by atoms with van der Waals surface area (Å²) in [7, 11) is 0. The standard InChI is InChI=1S/C13H17N3O7/c17-7-5-11(16-4-3-10(19)15-13(16)22)23-8(7)6-14-9(18)1-2-12(20)21/h3-4,7-8,11,17H,1-2,5-6H2,(H,14,18)(H,20,21)(H,15,19,22)/t7-,8+,11+/m0/s1. The van der Waals surface area contributed by atoms with Gasteiger partial charge in [-0.3, -0.25) is 23.9 Å². The van der Waals surface area contributed by atoms with Crippen LogP contribution in [-0.4, -0.2) is 50.4 Å². The summed E-state index contributed by atoms with van der Waals surface area (Å²) in [5.41, 5.74) is -1.19. The average molecular weight is 327 g/mol. The Bertz CT molecular complexity index is 695. The number of hydrogen-bond donors (Lipinski definition) is 4. The summed E-state index contributed by atoms with van der Waals surface area (Å²) in [4.78, 5) is 46.6. The molecule has 2 heterocycles. The van der Waals surface area contributed by atoms with Gasteiger partial charge in [-0.1, -0.05) is 0 Å². The van der Waals surface area contributed by atoms with Gasteiger partial charge in [0.2, 0.25) is 5.91 Å². The maximum absolute atomic E-state index is 11.7. The molecule has 0 radical (unpaired) electrons. The highest BCUT2D eigenvalue weighted by Crippen LogP contribution is 2.26. The van der Waals surface area contributed by atoms with E-state index < -0.39 is 41.6 Å². The zero-order chi connectivity index (χ0) is 17.0. The molecule has 23 heavy (non-hydrogen) atoms. The minimum Gasteiger partial charge on any atom is -0.481 e. The molecule has 0 spiro atoms. The molecule has 10 nitrogen and oxygen atoms in total. The molecule has 0 aliphatic carbocycles. The van der Waals surface area contributed by atoms with Crippen molar-refractivity contribution < 1.29 is 24.5 Å². The van der Waals surface area contributed by atoms with Gasteiger partial charge < -0.3 is 20.3 Å². The molecule has 3 atom stereocenters. The van der Waals surface area contributed by atoms with Gasteiger partial charge in [0.15, 0.2) is 0 Å². The molecule has 1 saturated heterocycles. The van der Waals surface area contributed by atoms with E-state index in [0.717, 1.165) is 10.6 Å². The fourth-order valence-electron chi connectivity index (χ4n) is 2.25. The Morgan fingerprint density at radius 1 is 1.39 bits per heavy atom. The molecule has 126 valence electrons. The summed E-state index contributed by atoms with van der Waals surface area (Å²) in [6, 6.07) is 1.16. The minimum atomic E-state index is -1.07. The number of hydrogen-bond acceptors (Lipinski definition) is 6. The van der Waals surface area contributed by atoms with Crippen LogP contribution >= 0.6 is 0 Å². The fourth-order valence-corrected chi connectivity index (χ4v) is 2.25. The highest BCUT2D eigenvalue weighted by atomic mass is 16.5. The number of aliphatic hydroxyl groups excluding tert-OH is 1. The summed E-state index contributed by atoms with van der Waals surface area (Å²) in [6.07, 6.45) is -1.44. The number of H-pyrrole nitrogens is 1. The van der Waals surface area contributed by atoms with E-state index in [-0.39, 0.29) is 25.8 Å². The van der Waals surface area contributed by atoms with Crippen LogP contribution in [0.15, 0.2) is 21.9 Å². The Balaban J connectivity index is 1.91. The Kier molecular flexibility index (Phi) is 5.29. The molecule has 1 amide bonds. The number of amides is 1. The molecule has 10 heteroatoms. The van der Waals surface area contributed by atoms with E-state index in [1.54, 1.807) is 0 Å². The first-order chi connectivity index (χ1) is 10.9. The van der Waals surface area contributed by atoms with E-state index in [1.165, 1.54) is 6.20 Å². The largest absolute Gasteiger partial charge is 0.481 e. The van der Waals surface area contributed by atoms with Crippen LogP contribution < -0.4 is 16.6 Å². The van der Waals surface area contributed by atoms with Crippen molar-refractivity contribution in [1.82, 2.24) is 14.9 Å². The number of ether oxygens (including phenoxy) is 1. The predicted octanol–water partition coefficient (Wildman–Crippen LogP) is -1.83. The Morgan fingerprint density at radius 2 is 2.13 bits per heavy atom. The van der Waals surface area contributed by atoms with Crippen molar-refractivity contribution in [3.8, 4) is 0 Å². The molecule has 1 aromatic rings. The van der Waals surface area contributed by atoms with E-state index in [0.29, 0.717) is 0 Å². The van der Waals surface area contributed by atoms with Crippen LogP contribution in [-0.2, 0) is 14.3 Å². The molecule has 1 fully saturated rings. The van der Waals surface area contributed by atoms with E-state index in [2.05, 4.69) is 10.3 Å². The summed E-state index contributed by atoms with van der Waals surface area (Å²) in [6.45, 7) is -0.00573. The summed E-state index contributed by atoms with van der Waals surface area (Å²) >= 11 is 0. The number of aliphatic carboxylic acids is 1. The van der Waals surface area contributed by atoms with Gasteiger partial charge in [0, 0.05) is 31.6 Å². The van der Waals surface area contributed by atoms with Crippen molar-refractivity contribution in [2.45, 2.75) is 37.7 Å². The highest BCUT2D eigenvalue weighted by molar-refractivity contribution is 5.80. The number of aromatic amines is 1. The van der Waals surface area contributed by atoms with Crippen LogP contribution in [0.5, 0.6) is 0 Å². The van der Waals surface area contributed by atoms with Crippen LogP contribution in [0.3, 0.4) is 0 Å². The van der Waals surface area contributed by atoms with Crippen molar-refractivity contribution >= 4 is 11.9 Å². The minimum absolute atomic E-state index is 0.00573. The second kappa shape index (κ2) is 7.20. The molecule has 0 saturated carbocycles. The number of rotatable bonds is 6. The van der Waals surface area contributed by atoms with Crippen LogP contribution in [0.1, 0.15) is 25.5 Å². The molecule has 1 aliphatic rings. The zero-order valence-electron chi connectivity index (χ0n) is 12.1. The smallest absolute Gasteiger partial charge is 0.330 e. The Labute approximate surface area is 129 Å². The van der Waals surface area contributed by atoms with E-state index in [9.17, 15) is 24.3 Å². The third kappa shape index (κ3) is 4.50. The normalized spacial score (nSPS) is 23.6. The number of aromatic nitrogens is 2. The van der Waals surface area contributed by atoms with Crippen molar-refractivity contribution in [1.29, 1.82) is 0 Å². The molecule has 0 aromatic carbocycles. The van der Waals surface area contributed by atoms with Gasteiger partial charge in [0.05, 0.1) is 12.5 Å². The first kappa shape index (κ1) is 16.9.